The Kier molecular flexibility index (Phi) is 4.95. The van der Waals surface area contributed by atoms with Gasteiger partial charge in [0.15, 0.2) is 12.6 Å². The van der Waals surface area contributed by atoms with Crippen LogP contribution in [0.4, 0.5) is 0 Å². The molecule has 0 aromatic rings. The number of hydrogen-bond acceptors (Lipinski definition) is 9. The van der Waals surface area contributed by atoms with Crippen LogP contribution in [0, 0.1) is 0 Å². The Hall–Kier alpha value is -0.360. The molecular formula is C11H20O9. The highest BCUT2D eigenvalue weighted by atomic mass is 16.7. The van der Waals surface area contributed by atoms with E-state index in [4.69, 9.17) is 14.2 Å². The molecular weight excluding hydrogens is 276 g/mol. The Morgan fingerprint density at radius 2 is 1.55 bits per heavy atom. The van der Waals surface area contributed by atoms with E-state index < -0.39 is 55.3 Å². The molecule has 118 valence electrons. The predicted molar refractivity (Wildman–Crippen MR) is 61.2 cm³/mol. The van der Waals surface area contributed by atoms with Gasteiger partial charge in [-0.25, -0.2) is 0 Å². The first-order chi connectivity index (χ1) is 9.32. The van der Waals surface area contributed by atoms with Gasteiger partial charge in [0.05, 0.1) is 12.7 Å². The van der Waals surface area contributed by atoms with Crippen LogP contribution in [-0.2, 0) is 14.2 Å². The van der Waals surface area contributed by atoms with Gasteiger partial charge in [-0.2, -0.15) is 0 Å². The van der Waals surface area contributed by atoms with Crippen molar-refractivity contribution in [3.05, 3.63) is 0 Å². The summed E-state index contributed by atoms with van der Waals surface area (Å²) in [4.78, 5) is 0. The molecule has 0 amide bonds. The molecule has 2 heterocycles. The fourth-order valence-corrected chi connectivity index (χ4v) is 2.23. The summed E-state index contributed by atoms with van der Waals surface area (Å²) in [5, 5.41) is 57.7. The summed E-state index contributed by atoms with van der Waals surface area (Å²) in [5.74, 6) is 0. The minimum atomic E-state index is -1.56. The first kappa shape index (κ1) is 16.0. The summed E-state index contributed by atoms with van der Waals surface area (Å²) in [5.41, 5.74) is 0. The number of rotatable bonds is 2. The molecule has 0 aliphatic carbocycles. The second-order valence-corrected chi connectivity index (χ2v) is 5.06. The molecule has 2 rings (SSSR count). The third-order valence-electron chi connectivity index (χ3n) is 3.55. The molecule has 0 bridgehead atoms. The zero-order valence-corrected chi connectivity index (χ0v) is 10.8. The molecule has 2 saturated heterocycles. The van der Waals surface area contributed by atoms with E-state index in [9.17, 15) is 30.6 Å². The van der Waals surface area contributed by atoms with Gasteiger partial charge in [-0.1, -0.05) is 0 Å². The Morgan fingerprint density at radius 1 is 0.900 bits per heavy atom. The fourth-order valence-electron chi connectivity index (χ4n) is 2.23. The third-order valence-corrected chi connectivity index (χ3v) is 3.55. The van der Waals surface area contributed by atoms with Crippen LogP contribution in [0.3, 0.4) is 0 Å². The maximum absolute atomic E-state index is 9.78. The zero-order valence-electron chi connectivity index (χ0n) is 10.8. The lowest BCUT2D eigenvalue weighted by Crippen LogP contribution is -2.61. The molecule has 0 aromatic carbocycles. The summed E-state index contributed by atoms with van der Waals surface area (Å²) < 4.78 is 15.1. The maximum Gasteiger partial charge on any atom is 0.187 e. The van der Waals surface area contributed by atoms with Crippen LogP contribution in [0.15, 0.2) is 0 Å². The molecule has 0 saturated carbocycles. The van der Waals surface area contributed by atoms with Crippen LogP contribution >= 0.6 is 0 Å². The molecule has 9 atom stereocenters. The van der Waals surface area contributed by atoms with Crippen LogP contribution in [-0.4, -0.2) is 92.6 Å². The highest BCUT2D eigenvalue weighted by Crippen LogP contribution is 2.26. The molecule has 20 heavy (non-hydrogen) atoms. The van der Waals surface area contributed by atoms with Gasteiger partial charge in [0.2, 0.25) is 0 Å². The fraction of sp³-hybridized carbons (Fsp3) is 1.00. The first-order valence-corrected chi connectivity index (χ1v) is 6.34. The minimum absolute atomic E-state index is 0.257. The van der Waals surface area contributed by atoms with Crippen molar-refractivity contribution < 1.29 is 44.8 Å². The second kappa shape index (κ2) is 6.18. The topological polar surface area (TPSA) is 149 Å². The van der Waals surface area contributed by atoms with Gasteiger partial charge in [-0.15, -0.1) is 0 Å². The van der Waals surface area contributed by atoms with Crippen molar-refractivity contribution in [2.24, 2.45) is 0 Å². The first-order valence-electron chi connectivity index (χ1n) is 6.34. The van der Waals surface area contributed by atoms with E-state index in [1.165, 1.54) is 6.92 Å². The molecule has 0 spiro atoms. The molecule has 6 N–H and O–H groups in total. The van der Waals surface area contributed by atoms with Crippen molar-refractivity contribution in [1.29, 1.82) is 0 Å². The van der Waals surface area contributed by atoms with E-state index in [1.807, 2.05) is 0 Å². The van der Waals surface area contributed by atoms with Gasteiger partial charge in [0.25, 0.3) is 0 Å². The predicted octanol–water partition coefficient (Wildman–Crippen LogP) is -3.73. The van der Waals surface area contributed by atoms with Gasteiger partial charge in [-0.3, -0.25) is 0 Å². The van der Waals surface area contributed by atoms with Gasteiger partial charge in [-0.05, 0) is 6.92 Å². The van der Waals surface area contributed by atoms with Crippen molar-refractivity contribution in [3.8, 4) is 0 Å². The van der Waals surface area contributed by atoms with Gasteiger partial charge in [0, 0.05) is 0 Å². The molecule has 2 aliphatic rings. The van der Waals surface area contributed by atoms with Crippen LogP contribution in [0.2, 0.25) is 0 Å². The lowest BCUT2D eigenvalue weighted by Gasteiger charge is -2.43. The van der Waals surface area contributed by atoms with Crippen LogP contribution < -0.4 is 0 Å². The summed E-state index contributed by atoms with van der Waals surface area (Å²) in [7, 11) is 0. The van der Waals surface area contributed by atoms with E-state index in [2.05, 4.69) is 0 Å². The van der Waals surface area contributed by atoms with Crippen molar-refractivity contribution in [1.82, 2.24) is 0 Å². The summed E-state index contributed by atoms with van der Waals surface area (Å²) >= 11 is 0. The third kappa shape index (κ3) is 2.96. The largest absolute Gasteiger partial charge is 0.388 e. The highest BCUT2D eigenvalue weighted by Gasteiger charge is 2.47. The standard InChI is InChI=1S/C11H20O9/c1-3-5(13)6(14)7(15)11(19-3)20-9-4(12)2-18-10(17)8(9)16/h3-17H,2H2,1H3/t3-,4-,5+,6+,7-,8-,9+,10-,11+/m1/s1. The van der Waals surface area contributed by atoms with Gasteiger partial charge < -0.3 is 44.8 Å². The highest BCUT2D eigenvalue weighted by molar-refractivity contribution is 4.90. The Morgan fingerprint density at radius 3 is 2.20 bits per heavy atom. The van der Waals surface area contributed by atoms with E-state index in [1.54, 1.807) is 0 Å². The Balaban J connectivity index is 2.04. The van der Waals surface area contributed by atoms with Crippen molar-refractivity contribution >= 4 is 0 Å². The van der Waals surface area contributed by atoms with Crippen LogP contribution in [0.25, 0.3) is 0 Å². The van der Waals surface area contributed by atoms with Gasteiger partial charge in [0.1, 0.15) is 36.6 Å². The van der Waals surface area contributed by atoms with Crippen molar-refractivity contribution in [2.45, 2.75) is 62.2 Å². The molecule has 0 radical (unpaired) electrons. The van der Waals surface area contributed by atoms with Crippen molar-refractivity contribution in [2.75, 3.05) is 6.61 Å². The SMILES string of the molecule is C[C@H]1O[C@@H](O[C@@H]2[C@@H](O)[C@H](O)OC[C@H]2O)[C@H](O)[C@@H](O)[C@H]1O. The normalized spacial score (nSPS) is 53.9. The number of hydrogen-bond donors (Lipinski definition) is 6. The van der Waals surface area contributed by atoms with Crippen molar-refractivity contribution in [3.63, 3.8) is 0 Å². The van der Waals surface area contributed by atoms with Crippen LogP contribution in [0.5, 0.6) is 0 Å². The quantitative estimate of drug-likeness (QED) is 0.302. The van der Waals surface area contributed by atoms with Gasteiger partial charge >= 0.3 is 0 Å². The zero-order chi connectivity index (χ0) is 15.0. The average molecular weight is 296 g/mol. The Bertz CT molecular complexity index is 327. The number of aliphatic hydroxyl groups is 6. The lowest BCUT2D eigenvalue weighted by molar-refractivity contribution is -0.341. The number of ether oxygens (including phenoxy) is 3. The smallest absolute Gasteiger partial charge is 0.187 e. The van der Waals surface area contributed by atoms with E-state index in [-0.39, 0.29) is 6.61 Å². The molecule has 9 nitrogen and oxygen atoms in total. The maximum atomic E-state index is 9.78. The molecule has 2 fully saturated rings. The minimum Gasteiger partial charge on any atom is -0.388 e. The number of aliphatic hydroxyl groups excluding tert-OH is 6. The molecule has 0 unspecified atom stereocenters. The molecule has 2 aliphatic heterocycles. The summed E-state index contributed by atoms with van der Waals surface area (Å²) in [6.07, 6.45) is -12.0. The van der Waals surface area contributed by atoms with Crippen LogP contribution in [0.1, 0.15) is 6.92 Å². The van der Waals surface area contributed by atoms with E-state index >= 15 is 0 Å². The average Bonchev–Trinajstić information content (AvgIpc) is 2.42. The monoisotopic (exact) mass is 296 g/mol. The molecule has 0 aromatic heterocycles. The van der Waals surface area contributed by atoms with E-state index in [0.717, 1.165) is 0 Å². The second-order valence-electron chi connectivity index (χ2n) is 5.06. The van der Waals surface area contributed by atoms with E-state index in [0.29, 0.717) is 0 Å². The Labute approximate surface area is 114 Å². The summed E-state index contributed by atoms with van der Waals surface area (Å²) in [6, 6.07) is 0. The summed E-state index contributed by atoms with van der Waals surface area (Å²) in [6.45, 7) is 1.22. The molecule has 9 heteroatoms. The lowest BCUT2D eigenvalue weighted by atomic mass is 9.99.